The van der Waals surface area contributed by atoms with Gasteiger partial charge in [-0.3, -0.25) is 0 Å². The van der Waals surface area contributed by atoms with E-state index in [1.165, 1.54) is 6.07 Å². The second-order valence-corrected chi connectivity index (χ2v) is 5.39. The first kappa shape index (κ1) is 13.5. The molecule has 1 heterocycles. The van der Waals surface area contributed by atoms with Crippen molar-refractivity contribution in [3.63, 3.8) is 0 Å². The second-order valence-electron chi connectivity index (χ2n) is 5.39. The van der Waals surface area contributed by atoms with Crippen molar-refractivity contribution in [1.82, 2.24) is 5.32 Å². The number of halogens is 1. The summed E-state index contributed by atoms with van der Waals surface area (Å²) in [6.45, 7) is 5.94. The molecule has 1 saturated heterocycles. The van der Waals surface area contributed by atoms with Crippen LogP contribution in [0.4, 0.5) is 4.39 Å². The molecule has 0 saturated carbocycles. The molecule has 0 spiro atoms. The smallest absolute Gasteiger partial charge is 0.123 e. The minimum Gasteiger partial charge on any atom is -0.378 e. The van der Waals surface area contributed by atoms with Gasteiger partial charge in [-0.05, 0) is 36.5 Å². The molecule has 2 nitrogen and oxygen atoms in total. The maximum Gasteiger partial charge on any atom is 0.123 e. The average molecular weight is 251 g/mol. The third kappa shape index (κ3) is 3.79. The topological polar surface area (TPSA) is 21.3 Å². The van der Waals surface area contributed by atoms with Crippen LogP contribution < -0.4 is 5.32 Å². The van der Waals surface area contributed by atoms with Crippen molar-refractivity contribution < 1.29 is 9.13 Å². The molecular weight excluding hydrogens is 229 g/mol. The summed E-state index contributed by atoms with van der Waals surface area (Å²) in [5, 5.41) is 3.50. The van der Waals surface area contributed by atoms with Crippen LogP contribution in [0.25, 0.3) is 0 Å². The van der Waals surface area contributed by atoms with E-state index in [-0.39, 0.29) is 5.82 Å². The van der Waals surface area contributed by atoms with E-state index in [4.69, 9.17) is 4.74 Å². The number of rotatable bonds is 4. The van der Waals surface area contributed by atoms with Crippen molar-refractivity contribution >= 4 is 0 Å². The Bertz CT molecular complexity index is 381. The number of hydrogen-bond acceptors (Lipinski definition) is 2. The molecule has 0 radical (unpaired) electrons. The van der Waals surface area contributed by atoms with Crippen LogP contribution in [0.1, 0.15) is 32.3 Å². The first-order valence-corrected chi connectivity index (χ1v) is 6.74. The fraction of sp³-hybridized carbons (Fsp3) is 0.600. The summed E-state index contributed by atoms with van der Waals surface area (Å²) in [6.07, 6.45) is 2.44. The molecule has 2 unspecified atom stereocenters. The maximum absolute atomic E-state index is 13.1. The molecule has 0 aromatic heterocycles. The Hall–Kier alpha value is -0.930. The van der Waals surface area contributed by atoms with Crippen molar-refractivity contribution in [2.24, 2.45) is 5.92 Å². The quantitative estimate of drug-likeness (QED) is 0.887. The molecule has 1 aromatic carbocycles. The van der Waals surface area contributed by atoms with Crippen LogP contribution in [0, 0.1) is 11.7 Å². The van der Waals surface area contributed by atoms with Crippen LogP contribution >= 0.6 is 0 Å². The molecule has 0 aliphatic carbocycles. The molecule has 2 rings (SSSR count). The lowest BCUT2D eigenvalue weighted by atomic mass is 9.95. The summed E-state index contributed by atoms with van der Waals surface area (Å²) in [4.78, 5) is 0. The maximum atomic E-state index is 13.1. The molecule has 0 amide bonds. The molecular formula is C15H22FNO. The van der Waals surface area contributed by atoms with Gasteiger partial charge in [-0.25, -0.2) is 4.39 Å². The van der Waals surface area contributed by atoms with Crippen molar-refractivity contribution in [2.75, 3.05) is 6.61 Å². The van der Waals surface area contributed by atoms with Gasteiger partial charge in [0.25, 0.3) is 0 Å². The molecule has 3 heteroatoms. The van der Waals surface area contributed by atoms with E-state index < -0.39 is 0 Å². The zero-order valence-corrected chi connectivity index (χ0v) is 11.2. The highest BCUT2D eigenvalue weighted by Crippen LogP contribution is 2.20. The highest BCUT2D eigenvalue weighted by atomic mass is 19.1. The molecule has 1 aliphatic heterocycles. The van der Waals surface area contributed by atoms with Crippen LogP contribution in [-0.2, 0) is 11.3 Å². The minimum absolute atomic E-state index is 0.165. The molecule has 18 heavy (non-hydrogen) atoms. The Morgan fingerprint density at radius 2 is 2.28 bits per heavy atom. The molecule has 1 fully saturated rings. The van der Waals surface area contributed by atoms with Gasteiger partial charge in [0.15, 0.2) is 0 Å². The van der Waals surface area contributed by atoms with E-state index in [9.17, 15) is 4.39 Å². The Morgan fingerprint density at radius 3 is 3.00 bits per heavy atom. The third-order valence-electron chi connectivity index (χ3n) is 3.54. The summed E-state index contributed by atoms with van der Waals surface area (Å²) < 4.78 is 18.8. The molecule has 1 aromatic rings. The van der Waals surface area contributed by atoms with Crippen LogP contribution in [0.5, 0.6) is 0 Å². The highest BCUT2D eigenvalue weighted by molar-refractivity contribution is 5.16. The van der Waals surface area contributed by atoms with Crippen molar-refractivity contribution in [1.29, 1.82) is 0 Å². The largest absolute Gasteiger partial charge is 0.378 e. The lowest BCUT2D eigenvalue weighted by Gasteiger charge is -2.32. The number of ether oxygens (including phenoxy) is 1. The van der Waals surface area contributed by atoms with Gasteiger partial charge in [-0.1, -0.05) is 26.0 Å². The number of benzene rings is 1. The molecule has 1 N–H and O–H groups in total. The van der Waals surface area contributed by atoms with Crippen molar-refractivity contribution in [3.05, 3.63) is 35.6 Å². The van der Waals surface area contributed by atoms with Gasteiger partial charge in [0.05, 0.1) is 6.10 Å². The van der Waals surface area contributed by atoms with Gasteiger partial charge in [-0.2, -0.15) is 0 Å². The van der Waals surface area contributed by atoms with Gasteiger partial charge in [0, 0.05) is 19.2 Å². The van der Waals surface area contributed by atoms with Crippen molar-refractivity contribution in [2.45, 2.75) is 45.4 Å². The van der Waals surface area contributed by atoms with Gasteiger partial charge in [0.1, 0.15) is 5.82 Å². The van der Waals surface area contributed by atoms with E-state index in [1.807, 2.05) is 6.07 Å². The lowest BCUT2D eigenvalue weighted by molar-refractivity contribution is -0.0245. The van der Waals surface area contributed by atoms with Gasteiger partial charge >= 0.3 is 0 Å². The predicted molar refractivity (Wildman–Crippen MR) is 70.8 cm³/mol. The first-order valence-electron chi connectivity index (χ1n) is 6.74. The minimum atomic E-state index is -0.165. The van der Waals surface area contributed by atoms with E-state index >= 15 is 0 Å². The number of nitrogens with one attached hydrogen (secondary N) is 1. The Kier molecular flexibility index (Phi) is 4.72. The summed E-state index contributed by atoms with van der Waals surface area (Å²) in [5.74, 6) is 0.394. The molecule has 100 valence electrons. The first-order chi connectivity index (χ1) is 8.65. The Balaban J connectivity index is 1.83. The summed E-state index contributed by atoms with van der Waals surface area (Å²) in [7, 11) is 0. The summed E-state index contributed by atoms with van der Waals surface area (Å²) in [5.41, 5.74) is 1.00. The standard InChI is InChI=1S/C15H22FNO/c1-11(2)15-9-14(6-7-18-15)17-10-12-4-3-5-13(16)8-12/h3-5,8,11,14-15,17H,6-7,9-10H2,1-2H3. The third-order valence-corrected chi connectivity index (χ3v) is 3.54. The lowest BCUT2D eigenvalue weighted by Crippen LogP contribution is -2.40. The summed E-state index contributed by atoms with van der Waals surface area (Å²) in [6, 6.07) is 7.26. The zero-order chi connectivity index (χ0) is 13.0. The van der Waals surface area contributed by atoms with E-state index in [0.29, 0.717) is 18.1 Å². The van der Waals surface area contributed by atoms with Crippen LogP contribution in [-0.4, -0.2) is 18.8 Å². The number of hydrogen-bond donors (Lipinski definition) is 1. The van der Waals surface area contributed by atoms with Crippen LogP contribution in [0.2, 0.25) is 0 Å². The monoisotopic (exact) mass is 251 g/mol. The summed E-state index contributed by atoms with van der Waals surface area (Å²) >= 11 is 0. The van der Waals surface area contributed by atoms with Gasteiger partial charge in [-0.15, -0.1) is 0 Å². The van der Waals surface area contributed by atoms with E-state index in [1.54, 1.807) is 12.1 Å². The van der Waals surface area contributed by atoms with Crippen LogP contribution in [0.3, 0.4) is 0 Å². The fourth-order valence-corrected chi connectivity index (χ4v) is 2.39. The molecule has 2 atom stereocenters. The SMILES string of the molecule is CC(C)C1CC(NCc2cccc(F)c2)CCO1. The zero-order valence-electron chi connectivity index (χ0n) is 11.2. The van der Waals surface area contributed by atoms with Gasteiger partial charge in [0.2, 0.25) is 0 Å². The molecule has 1 aliphatic rings. The Labute approximate surface area is 109 Å². The average Bonchev–Trinajstić information content (AvgIpc) is 2.37. The highest BCUT2D eigenvalue weighted by Gasteiger charge is 2.24. The Morgan fingerprint density at radius 1 is 1.44 bits per heavy atom. The predicted octanol–water partition coefficient (Wildman–Crippen LogP) is 3.12. The van der Waals surface area contributed by atoms with Gasteiger partial charge < -0.3 is 10.1 Å². The fourth-order valence-electron chi connectivity index (χ4n) is 2.39. The molecule has 0 bridgehead atoms. The normalized spacial score (nSPS) is 24.4. The van der Waals surface area contributed by atoms with E-state index in [0.717, 1.165) is 31.6 Å². The van der Waals surface area contributed by atoms with Crippen molar-refractivity contribution in [3.8, 4) is 0 Å². The second kappa shape index (κ2) is 6.30. The van der Waals surface area contributed by atoms with E-state index in [2.05, 4.69) is 19.2 Å². The van der Waals surface area contributed by atoms with Crippen LogP contribution in [0.15, 0.2) is 24.3 Å².